The summed E-state index contributed by atoms with van der Waals surface area (Å²) in [7, 11) is 1.56. The van der Waals surface area contributed by atoms with E-state index in [1.165, 1.54) is 11.3 Å². The van der Waals surface area contributed by atoms with Crippen LogP contribution in [0.25, 0.3) is 15.5 Å². The second-order valence-corrected chi connectivity index (χ2v) is 7.87. The first-order chi connectivity index (χ1) is 14.4. The van der Waals surface area contributed by atoms with Gasteiger partial charge in [0.15, 0.2) is 5.82 Å². The molecule has 8 nitrogen and oxygen atoms in total. The maximum atomic E-state index is 12.9. The molecule has 4 rings (SSSR count). The number of amides is 1. The number of fused-ring (bicyclic) bond motifs is 1. The first kappa shape index (κ1) is 19.8. The minimum absolute atomic E-state index is 0.0262. The molecule has 9 heteroatoms. The fourth-order valence-corrected chi connectivity index (χ4v) is 3.83. The van der Waals surface area contributed by atoms with Crippen LogP contribution in [-0.2, 0) is 0 Å². The molecule has 0 saturated carbocycles. The molecule has 30 heavy (non-hydrogen) atoms. The molecule has 0 aliphatic heterocycles. The zero-order valence-corrected chi connectivity index (χ0v) is 17.9. The van der Waals surface area contributed by atoms with Gasteiger partial charge in [0, 0.05) is 11.1 Å². The molecule has 0 saturated heterocycles. The molecule has 0 unspecified atom stereocenters. The summed E-state index contributed by atoms with van der Waals surface area (Å²) in [6.45, 7) is 5.73. The van der Waals surface area contributed by atoms with Crippen molar-refractivity contribution in [3.63, 3.8) is 0 Å². The number of methoxy groups -OCH3 is 1. The van der Waals surface area contributed by atoms with Gasteiger partial charge in [0.05, 0.1) is 18.9 Å². The van der Waals surface area contributed by atoms with Gasteiger partial charge in [-0.3, -0.25) is 4.79 Å². The van der Waals surface area contributed by atoms with Crippen LogP contribution < -0.4 is 14.8 Å². The highest BCUT2D eigenvalue weighted by molar-refractivity contribution is 7.19. The molecule has 0 aliphatic rings. The number of carbonyl (C=O) groups is 1. The van der Waals surface area contributed by atoms with Gasteiger partial charge in [-0.15, -0.1) is 10.2 Å². The van der Waals surface area contributed by atoms with Crippen LogP contribution in [0.4, 0.5) is 5.69 Å². The summed E-state index contributed by atoms with van der Waals surface area (Å²) in [6, 6.07) is 12.6. The van der Waals surface area contributed by atoms with Gasteiger partial charge < -0.3 is 14.8 Å². The number of carbonyl (C=O) groups excluding carboxylic acids is 1. The van der Waals surface area contributed by atoms with Crippen molar-refractivity contribution in [3.8, 4) is 22.1 Å². The molecule has 154 valence electrons. The summed E-state index contributed by atoms with van der Waals surface area (Å²) in [5.41, 5.74) is 1.89. The van der Waals surface area contributed by atoms with Crippen LogP contribution in [0.5, 0.6) is 11.5 Å². The normalized spacial score (nSPS) is 11.1. The summed E-state index contributed by atoms with van der Waals surface area (Å²) in [4.78, 5) is 13.6. The van der Waals surface area contributed by atoms with Crippen LogP contribution in [-0.4, -0.2) is 38.9 Å². The number of rotatable bonds is 6. The fourth-order valence-electron chi connectivity index (χ4n) is 2.95. The average molecular weight is 423 g/mol. The summed E-state index contributed by atoms with van der Waals surface area (Å²) >= 11 is 1.42. The van der Waals surface area contributed by atoms with E-state index >= 15 is 0 Å². The summed E-state index contributed by atoms with van der Waals surface area (Å²) in [5.74, 6) is 1.67. The maximum Gasteiger partial charge on any atom is 0.255 e. The SMILES string of the molecule is COc1ccc(-c2nn3c(C)nnc3s2)cc1NC(=O)c1cccc(OC(C)C)c1. The Labute approximate surface area is 177 Å². The molecule has 0 radical (unpaired) electrons. The van der Waals surface area contributed by atoms with Crippen molar-refractivity contribution in [2.75, 3.05) is 12.4 Å². The molecule has 0 aliphatic carbocycles. The van der Waals surface area contributed by atoms with Gasteiger partial charge >= 0.3 is 0 Å². The predicted octanol–water partition coefficient (Wildman–Crippen LogP) is 4.21. The largest absolute Gasteiger partial charge is 0.495 e. The standard InChI is InChI=1S/C21H21N5O3S/c1-12(2)29-16-7-5-6-14(10-16)19(27)22-17-11-15(8-9-18(17)28-4)20-25-26-13(3)23-24-21(26)30-20/h5-12H,1-4H3,(H,22,27). The zero-order chi connectivity index (χ0) is 21.3. The lowest BCUT2D eigenvalue weighted by Crippen LogP contribution is -2.13. The molecule has 1 N–H and O–H groups in total. The van der Waals surface area contributed by atoms with Gasteiger partial charge in [-0.1, -0.05) is 17.4 Å². The molecule has 1 amide bonds. The van der Waals surface area contributed by atoms with E-state index in [-0.39, 0.29) is 12.0 Å². The van der Waals surface area contributed by atoms with Crippen molar-refractivity contribution in [2.45, 2.75) is 26.9 Å². The Balaban J connectivity index is 1.63. The van der Waals surface area contributed by atoms with Crippen LogP contribution in [0.1, 0.15) is 30.0 Å². The quantitative estimate of drug-likeness (QED) is 0.500. The third kappa shape index (κ3) is 3.97. The molecule has 2 aromatic carbocycles. The lowest BCUT2D eigenvalue weighted by Gasteiger charge is -2.13. The van der Waals surface area contributed by atoms with Gasteiger partial charge in [0.1, 0.15) is 16.5 Å². The minimum Gasteiger partial charge on any atom is -0.495 e. The molecule has 0 fully saturated rings. The molecule has 4 aromatic rings. The maximum absolute atomic E-state index is 12.9. The van der Waals surface area contributed by atoms with E-state index < -0.39 is 0 Å². The number of hydrogen-bond donors (Lipinski definition) is 1. The van der Waals surface area contributed by atoms with Crippen LogP contribution in [0.3, 0.4) is 0 Å². The van der Waals surface area contributed by atoms with Crippen molar-refractivity contribution in [1.29, 1.82) is 0 Å². The summed E-state index contributed by atoms with van der Waals surface area (Å²) < 4.78 is 12.8. The highest BCUT2D eigenvalue weighted by Crippen LogP contribution is 2.33. The first-order valence-electron chi connectivity index (χ1n) is 9.40. The Morgan fingerprint density at radius 1 is 1.17 bits per heavy atom. The molecule has 0 atom stereocenters. The highest BCUT2D eigenvalue weighted by Gasteiger charge is 2.15. The van der Waals surface area contributed by atoms with Crippen LogP contribution in [0, 0.1) is 6.92 Å². The zero-order valence-electron chi connectivity index (χ0n) is 17.0. The number of aromatic nitrogens is 4. The van der Waals surface area contributed by atoms with E-state index in [0.717, 1.165) is 16.4 Å². The summed E-state index contributed by atoms with van der Waals surface area (Å²) in [6.07, 6.45) is 0.0262. The van der Waals surface area contributed by atoms with E-state index in [2.05, 4.69) is 20.6 Å². The second-order valence-electron chi connectivity index (χ2n) is 6.91. The molecular weight excluding hydrogens is 402 g/mol. The van der Waals surface area contributed by atoms with E-state index in [1.54, 1.807) is 35.9 Å². The fraction of sp³-hybridized carbons (Fsp3) is 0.238. The van der Waals surface area contributed by atoms with Gasteiger partial charge in [0.2, 0.25) is 4.96 Å². The Morgan fingerprint density at radius 3 is 2.73 bits per heavy atom. The Kier molecular flexibility index (Phi) is 5.37. The second kappa shape index (κ2) is 8.11. The van der Waals surface area contributed by atoms with E-state index in [9.17, 15) is 4.79 Å². The van der Waals surface area contributed by atoms with Crippen molar-refractivity contribution in [2.24, 2.45) is 0 Å². The van der Waals surface area contributed by atoms with Crippen molar-refractivity contribution in [3.05, 3.63) is 53.9 Å². The number of benzene rings is 2. The van der Waals surface area contributed by atoms with Gasteiger partial charge in [-0.2, -0.15) is 9.61 Å². The number of anilines is 1. The third-order valence-electron chi connectivity index (χ3n) is 4.31. The smallest absolute Gasteiger partial charge is 0.255 e. The van der Waals surface area contributed by atoms with Crippen LogP contribution in [0.15, 0.2) is 42.5 Å². The molecule has 2 aromatic heterocycles. The Hall–Kier alpha value is -3.46. The van der Waals surface area contributed by atoms with Crippen molar-refractivity contribution < 1.29 is 14.3 Å². The van der Waals surface area contributed by atoms with Crippen molar-refractivity contribution >= 4 is 27.9 Å². The number of ether oxygens (including phenoxy) is 2. The topological polar surface area (TPSA) is 90.6 Å². The van der Waals surface area contributed by atoms with Gasteiger partial charge in [-0.05, 0) is 57.2 Å². The summed E-state index contributed by atoms with van der Waals surface area (Å²) in [5, 5.41) is 16.4. The predicted molar refractivity (Wildman–Crippen MR) is 116 cm³/mol. The van der Waals surface area contributed by atoms with Crippen molar-refractivity contribution in [1.82, 2.24) is 19.8 Å². The third-order valence-corrected chi connectivity index (χ3v) is 5.26. The number of nitrogens with one attached hydrogen (secondary N) is 1. The average Bonchev–Trinajstić information content (AvgIpc) is 3.30. The van der Waals surface area contributed by atoms with E-state index in [4.69, 9.17) is 9.47 Å². The molecule has 0 spiro atoms. The van der Waals surface area contributed by atoms with Crippen LogP contribution in [0.2, 0.25) is 0 Å². The Bertz CT molecular complexity index is 1210. The monoisotopic (exact) mass is 423 g/mol. The van der Waals surface area contributed by atoms with Crippen LogP contribution >= 0.6 is 11.3 Å². The first-order valence-corrected chi connectivity index (χ1v) is 10.2. The molecule has 2 heterocycles. The lowest BCUT2D eigenvalue weighted by molar-refractivity contribution is 0.102. The van der Waals surface area contributed by atoms with E-state index in [0.29, 0.717) is 27.7 Å². The van der Waals surface area contributed by atoms with Gasteiger partial charge in [-0.25, -0.2) is 0 Å². The van der Waals surface area contributed by atoms with E-state index in [1.807, 2.05) is 39.0 Å². The van der Waals surface area contributed by atoms with Gasteiger partial charge in [0.25, 0.3) is 5.91 Å². The number of nitrogens with zero attached hydrogens (tertiary/aromatic N) is 4. The Morgan fingerprint density at radius 2 is 2.00 bits per heavy atom. The molecular formula is C21H21N5O3S. The highest BCUT2D eigenvalue weighted by atomic mass is 32.1. The minimum atomic E-state index is -0.256. The lowest BCUT2D eigenvalue weighted by atomic mass is 10.1. The number of aryl methyl sites for hydroxylation is 1. The number of hydrogen-bond acceptors (Lipinski definition) is 7. The molecule has 0 bridgehead atoms.